The van der Waals surface area contributed by atoms with Gasteiger partial charge in [0.25, 0.3) is 5.91 Å². The van der Waals surface area contributed by atoms with Gasteiger partial charge in [-0.05, 0) is 44.2 Å². The maximum atomic E-state index is 12.7. The normalized spacial score (nSPS) is 20.2. The highest BCUT2D eigenvalue weighted by Crippen LogP contribution is 2.26. The van der Waals surface area contributed by atoms with E-state index in [4.69, 9.17) is 9.47 Å². The van der Waals surface area contributed by atoms with Crippen LogP contribution < -0.4 is 4.74 Å². The van der Waals surface area contributed by atoms with E-state index in [9.17, 15) is 9.59 Å². The molecule has 1 amide bonds. The molecule has 0 spiro atoms. The van der Waals surface area contributed by atoms with E-state index in [1.807, 2.05) is 0 Å². The summed E-state index contributed by atoms with van der Waals surface area (Å²) in [5.41, 5.74) is 1.39. The van der Waals surface area contributed by atoms with Crippen LogP contribution in [0.15, 0.2) is 12.3 Å². The summed E-state index contributed by atoms with van der Waals surface area (Å²) in [7, 11) is 0. The lowest BCUT2D eigenvalue weighted by molar-refractivity contribution is -0.147. The highest BCUT2D eigenvalue weighted by Gasteiger charge is 2.36. The van der Waals surface area contributed by atoms with Gasteiger partial charge in [0.05, 0.1) is 19.4 Å². The topological polar surface area (TPSA) is 68.7 Å². The number of fused-ring (bicyclic) bond motifs is 1. The minimum Gasteiger partial charge on any atom is -0.492 e. The molecule has 6 nitrogen and oxygen atoms in total. The van der Waals surface area contributed by atoms with E-state index in [0.717, 1.165) is 30.6 Å². The first-order chi connectivity index (χ1) is 10.7. The van der Waals surface area contributed by atoms with Crippen molar-refractivity contribution in [3.63, 3.8) is 0 Å². The zero-order valence-corrected chi connectivity index (χ0v) is 12.7. The number of aromatic nitrogens is 1. The van der Waals surface area contributed by atoms with E-state index >= 15 is 0 Å². The Morgan fingerprint density at radius 1 is 1.45 bits per heavy atom. The summed E-state index contributed by atoms with van der Waals surface area (Å²) >= 11 is 0. The zero-order chi connectivity index (χ0) is 15.5. The molecule has 1 saturated heterocycles. The van der Waals surface area contributed by atoms with E-state index in [-0.39, 0.29) is 11.9 Å². The summed E-state index contributed by atoms with van der Waals surface area (Å²) < 4.78 is 10.6. The van der Waals surface area contributed by atoms with Crippen LogP contribution in [0.25, 0.3) is 0 Å². The number of rotatable bonds is 3. The van der Waals surface area contributed by atoms with Gasteiger partial charge in [-0.15, -0.1) is 0 Å². The van der Waals surface area contributed by atoms with Crippen molar-refractivity contribution in [2.75, 3.05) is 19.8 Å². The predicted molar refractivity (Wildman–Crippen MR) is 78.7 cm³/mol. The van der Waals surface area contributed by atoms with E-state index < -0.39 is 6.04 Å². The third-order valence-corrected chi connectivity index (χ3v) is 4.09. The second kappa shape index (κ2) is 6.34. The molecule has 1 fully saturated rings. The molecule has 0 aliphatic carbocycles. The summed E-state index contributed by atoms with van der Waals surface area (Å²) in [4.78, 5) is 30.4. The van der Waals surface area contributed by atoms with Crippen molar-refractivity contribution in [1.29, 1.82) is 0 Å². The summed E-state index contributed by atoms with van der Waals surface area (Å²) in [5.74, 6) is 0.227. The molecule has 1 aromatic rings. The van der Waals surface area contributed by atoms with Gasteiger partial charge in [-0.25, -0.2) is 9.78 Å². The third kappa shape index (κ3) is 2.77. The molecule has 3 rings (SSSR count). The fourth-order valence-corrected chi connectivity index (χ4v) is 3.01. The maximum Gasteiger partial charge on any atom is 0.328 e. The van der Waals surface area contributed by atoms with Crippen LogP contribution in [-0.4, -0.2) is 47.6 Å². The van der Waals surface area contributed by atoms with Crippen molar-refractivity contribution in [3.8, 4) is 5.75 Å². The largest absolute Gasteiger partial charge is 0.492 e. The van der Waals surface area contributed by atoms with Gasteiger partial charge in [-0.1, -0.05) is 0 Å². The molecular formula is C16H20N2O4. The second-order valence-corrected chi connectivity index (χ2v) is 5.54. The van der Waals surface area contributed by atoms with Crippen LogP contribution in [0.1, 0.15) is 42.2 Å². The molecule has 0 unspecified atom stereocenters. The monoisotopic (exact) mass is 304 g/mol. The van der Waals surface area contributed by atoms with Gasteiger partial charge in [0, 0.05) is 6.54 Å². The van der Waals surface area contributed by atoms with Crippen LogP contribution in [-0.2, 0) is 16.0 Å². The molecule has 3 heterocycles. The number of pyridine rings is 1. The number of carbonyl (C=O) groups is 2. The van der Waals surface area contributed by atoms with Gasteiger partial charge in [0.15, 0.2) is 0 Å². The van der Waals surface area contributed by atoms with E-state index in [2.05, 4.69) is 4.98 Å². The van der Waals surface area contributed by atoms with Gasteiger partial charge in [0.1, 0.15) is 17.5 Å². The number of carbonyl (C=O) groups excluding carboxylic acids is 2. The minimum atomic E-state index is -0.485. The van der Waals surface area contributed by atoms with Crippen LogP contribution >= 0.6 is 0 Å². The fraction of sp³-hybridized carbons (Fsp3) is 0.562. The number of nitrogens with zero attached hydrogens (tertiary/aromatic N) is 2. The first kappa shape index (κ1) is 14.8. The number of aryl methyl sites for hydroxylation is 1. The molecular weight excluding hydrogens is 284 g/mol. The molecule has 118 valence electrons. The second-order valence-electron chi connectivity index (χ2n) is 5.54. The predicted octanol–water partition coefficient (Wildman–Crippen LogP) is 1.57. The lowest BCUT2D eigenvalue weighted by Gasteiger charge is -2.23. The Labute approximate surface area is 129 Å². The van der Waals surface area contributed by atoms with Gasteiger partial charge in [-0.3, -0.25) is 4.79 Å². The molecule has 0 radical (unpaired) electrons. The van der Waals surface area contributed by atoms with Gasteiger partial charge in [-0.2, -0.15) is 0 Å². The Balaban J connectivity index is 1.79. The van der Waals surface area contributed by atoms with Gasteiger partial charge in [0.2, 0.25) is 0 Å². The Kier molecular flexibility index (Phi) is 4.27. The summed E-state index contributed by atoms with van der Waals surface area (Å²) in [5, 5.41) is 0. The van der Waals surface area contributed by atoms with E-state index in [1.54, 1.807) is 24.1 Å². The van der Waals surface area contributed by atoms with Crippen LogP contribution in [0.5, 0.6) is 5.75 Å². The molecule has 1 atom stereocenters. The quantitative estimate of drug-likeness (QED) is 0.793. The minimum absolute atomic E-state index is 0.205. The Hall–Kier alpha value is -2.11. The highest BCUT2D eigenvalue weighted by atomic mass is 16.5. The Morgan fingerprint density at radius 3 is 3.14 bits per heavy atom. The number of ether oxygens (including phenoxy) is 2. The van der Waals surface area contributed by atoms with Gasteiger partial charge >= 0.3 is 5.97 Å². The number of hydrogen-bond donors (Lipinski definition) is 0. The highest BCUT2D eigenvalue weighted by molar-refractivity contribution is 5.95. The lowest BCUT2D eigenvalue weighted by atomic mass is 10.1. The number of hydrogen-bond acceptors (Lipinski definition) is 5. The van der Waals surface area contributed by atoms with E-state index in [0.29, 0.717) is 31.9 Å². The van der Waals surface area contributed by atoms with E-state index in [1.165, 1.54) is 0 Å². The first-order valence-electron chi connectivity index (χ1n) is 7.80. The third-order valence-electron chi connectivity index (χ3n) is 4.09. The first-order valence-corrected chi connectivity index (χ1v) is 7.80. The Bertz CT molecular complexity index is 588. The molecule has 2 aliphatic rings. The van der Waals surface area contributed by atoms with Crippen molar-refractivity contribution in [2.45, 2.75) is 38.6 Å². The maximum absolute atomic E-state index is 12.7. The number of amides is 1. The molecule has 0 aromatic carbocycles. The fourth-order valence-electron chi connectivity index (χ4n) is 3.01. The number of likely N-dealkylation sites (tertiary alicyclic amines) is 1. The number of esters is 1. The SMILES string of the molecule is CCOC(=O)[C@@H]1CCCN1C(=O)c1cc2c(cn1)OCCC2. The lowest BCUT2D eigenvalue weighted by Crippen LogP contribution is -2.41. The summed E-state index contributed by atoms with van der Waals surface area (Å²) in [6, 6.07) is 1.30. The smallest absolute Gasteiger partial charge is 0.328 e. The molecule has 22 heavy (non-hydrogen) atoms. The van der Waals surface area contributed by atoms with Crippen molar-refractivity contribution < 1.29 is 19.1 Å². The van der Waals surface area contributed by atoms with Crippen LogP contribution in [0.3, 0.4) is 0 Å². The average Bonchev–Trinajstić information content (AvgIpc) is 3.03. The molecule has 0 N–H and O–H groups in total. The summed E-state index contributed by atoms with van der Waals surface area (Å²) in [6.07, 6.45) is 4.90. The van der Waals surface area contributed by atoms with Crippen molar-refractivity contribution >= 4 is 11.9 Å². The van der Waals surface area contributed by atoms with Crippen molar-refractivity contribution in [2.24, 2.45) is 0 Å². The van der Waals surface area contributed by atoms with Crippen LogP contribution in [0, 0.1) is 0 Å². The molecule has 2 aliphatic heterocycles. The van der Waals surface area contributed by atoms with Gasteiger partial charge < -0.3 is 14.4 Å². The standard InChI is InChI=1S/C16H20N2O4/c1-2-21-16(20)13-6-3-7-18(13)15(19)12-9-11-5-4-8-22-14(11)10-17-12/h9-10,13H,2-8H2,1H3/t13-/m0/s1. The average molecular weight is 304 g/mol. The molecule has 0 saturated carbocycles. The molecule has 1 aromatic heterocycles. The summed E-state index contributed by atoms with van der Waals surface area (Å²) in [6.45, 7) is 3.35. The van der Waals surface area contributed by atoms with Crippen molar-refractivity contribution in [1.82, 2.24) is 9.88 Å². The molecule has 6 heteroatoms. The Morgan fingerprint density at radius 2 is 2.32 bits per heavy atom. The van der Waals surface area contributed by atoms with Crippen molar-refractivity contribution in [3.05, 3.63) is 23.5 Å². The molecule has 0 bridgehead atoms. The van der Waals surface area contributed by atoms with Crippen LogP contribution in [0.2, 0.25) is 0 Å². The zero-order valence-electron chi connectivity index (χ0n) is 12.7. The van der Waals surface area contributed by atoms with Crippen LogP contribution in [0.4, 0.5) is 0 Å².